The average molecular weight is 460 g/mol. The second kappa shape index (κ2) is 9.44. The van der Waals surface area contributed by atoms with Crippen LogP contribution < -0.4 is 14.9 Å². The van der Waals surface area contributed by atoms with Crippen molar-refractivity contribution in [2.75, 3.05) is 16.8 Å². The van der Waals surface area contributed by atoms with Gasteiger partial charge in [-0.1, -0.05) is 26.3 Å². The third kappa shape index (κ3) is 5.03. The van der Waals surface area contributed by atoms with Crippen LogP contribution in [0.25, 0.3) is 0 Å². The summed E-state index contributed by atoms with van der Waals surface area (Å²) in [6.07, 6.45) is 4.53. The van der Waals surface area contributed by atoms with Crippen LogP contribution in [0.1, 0.15) is 64.2 Å². The fourth-order valence-corrected chi connectivity index (χ4v) is 4.96. The van der Waals surface area contributed by atoms with E-state index in [1.54, 1.807) is 30.5 Å². The molecule has 1 amide bonds. The Kier molecular flexibility index (Phi) is 7.07. The minimum Gasteiger partial charge on any atom is -0.368 e. The van der Waals surface area contributed by atoms with Crippen molar-refractivity contribution in [1.29, 1.82) is 0 Å². The molecule has 2 unspecified atom stereocenters. The number of carbonyl (C=O) groups is 1. The third-order valence-corrected chi connectivity index (χ3v) is 7.55. The molecule has 1 saturated heterocycles. The molecule has 3 rings (SSSR count). The number of hydrogen-bond acceptors (Lipinski definition) is 7. The van der Waals surface area contributed by atoms with Gasteiger partial charge in [0.05, 0.1) is 5.56 Å². The molecule has 0 aromatic carbocycles. The minimum absolute atomic E-state index is 0.157. The third-order valence-electron chi connectivity index (χ3n) is 6.32. The summed E-state index contributed by atoms with van der Waals surface area (Å²) in [6.45, 7) is 11.2. The van der Waals surface area contributed by atoms with Crippen molar-refractivity contribution in [3.05, 3.63) is 42.1 Å². The smallest absolute Gasteiger partial charge is 0.281 e. The van der Waals surface area contributed by atoms with Crippen LogP contribution in [0.5, 0.6) is 0 Å². The molecule has 9 heteroatoms. The van der Waals surface area contributed by atoms with Crippen molar-refractivity contribution in [3.63, 3.8) is 0 Å². The van der Waals surface area contributed by atoms with Crippen LogP contribution in [0.15, 0.2) is 41.6 Å². The molecule has 0 spiro atoms. The van der Waals surface area contributed by atoms with E-state index in [4.69, 9.17) is 0 Å². The van der Waals surface area contributed by atoms with E-state index in [-0.39, 0.29) is 22.2 Å². The average Bonchev–Trinajstić information content (AvgIpc) is 3.00. The Labute approximate surface area is 190 Å². The lowest BCUT2D eigenvalue weighted by Gasteiger charge is -2.36. The van der Waals surface area contributed by atoms with E-state index in [0.29, 0.717) is 17.6 Å². The molecule has 2 aromatic rings. The summed E-state index contributed by atoms with van der Waals surface area (Å²) in [7, 11) is -4.15. The fraction of sp³-hybridized carbons (Fsp3) is 0.522. The van der Waals surface area contributed by atoms with Gasteiger partial charge in [-0.2, -0.15) is 8.42 Å². The number of amides is 1. The Morgan fingerprint density at radius 3 is 2.69 bits per heavy atom. The van der Waals surface area contributed by atoms with E-state index in [1.807, 2.05) is 6.92 Å². The lowest BCUT2D eigenvalue weighted by Crippen LogP contribution is -2.43. The fourth-order valence-electron chi connectivity index (χ4n) is 4.03. The molecule has 0 bridgehead atoms. The van der Waals surface area contributed by atoms with Crippen molar-refractivity contribution in [2.24, 2.45) is 5.92 Å². The van der Waals surface area contributed by atoms with Gasteiger partial charge in [0.15, 0.2) is 5.03 Å². The highest BCUT2D eigenvalue weighted by atomic mass is 32.2. The molecule has 32 heavy (non-hydrogen) atoms. The number of pyridine rings is 2. The Bertz CT molecular complexity index is 1070. The molecule has 2 atom stereocenters. The molecule has 174 valence electrons. The van der Waals surface area contributed by atoms with E-state index in [2.05, 4.69) is 52.6 Å². The second-order valence-electron chi connectivity index (χ2n) is 9.00. The van der Waals surface area contributed by atoms with Crippen molar-refractivity contribution in [3.8, 4) is 0 Å². The Hall–Kier alpha value is -2.68. The van der Waals surface area contributed by atoms with E-state index >= 15 is 0 Å². The monoisotopic (exact) mass is 459 g/mol. The summed E-state index contributed by atoms with van der Waals surface area (Å²) >= 11 is 0. The maximum Gasteiger partial charge on any atom is 0.281 e. The van der Waals surface area contributed by atoms with Gasteiger partial charge in [0.1, 0.15) is 11.6 Å². The van der Waals surface area contributed by atoms with E-state index < -0.39 is 15.9 Å². The van der Waals surface area contributed by atoms with Gasteiger partial charge in [-0.3, -0.25) is 4.79 Å². The Morgan fingerprint density at radius 2 is 2.03 bits per heavy atom. The highest BCUT2D eigenvalue weighted by molar-refractivity contribution is 7.90. The first-order chi connectivity index (χ1) is 15.1. The van der Waals surface area contributed by atoms with Crippen LogP contribution in [0.4, 0.5) is 11.6 Å². The highest BCUT2D eigenvalue weighted by Crippen LogP contribution is 2.38. The Balaban J connectivity index is 1.84. The zero-order valence-corrected chi connectivity index (χ0v) is 20.2. The first kappa shape index (κ1) is 24.0. The van der Waals surface area contributed by atoms with Gasteiger partial charge in [0.2, 0.25) is 0 Å². The summed E-state index contributed by atoms with van der Waals surface area (Å²) in [5.74, 6) is 0.643. The zero-order chi connectivity index (χ0) is 23.5. The Morgan fingerprint density at radius 1 is 1.28 bits per heavy atom. The summed E-state index contributed by atoms with van der Waals surface area (Å²) in [4.78, 5) is 23.8. The topological polar surface area (TPSA) is 104 Å². The number of hydrogen-bond donors (Lipinski definition) is 2. The highest BCUT2D eigenvalue weighted by Gasteiger charge is 2.40. The van der Waals surface area contributed by atoms with Gasteiger partial charge in [-0.25, -0.2) is 14.7 Å². The molecular formula is C23H33N5O3S. The lowest BCUT2D eigenvalue weighted by atomic mass is 9.90. The van der Waals surface area contributed by atoms with E-state index in [1.165, 1.54) is 6.07 Å². The number of rotatable bonds is 8. The minimum atomic E-state index is -4.15. The molecule has 2 N–H and O–H groups in total. The SMILES string of the molecule is CCCC(C)Nc1cccc(S(=O)(=O)NC(=O)c2cccnc2N2CCC(C)C2(C)C)n1. The summed E-state index contributed by atoms with van der Waals surface area (Å²) in [6, 6.07) is 8.09. The van der Waals surface area contributed by atoms with Gasteiger partial charge in [-0.15, -0.1) is 0 Å². The van der Waals surface area contributed by atoms with E-state index in [0.717, 1.165) is 25.8 Å². The van der Waals surface area contributed by atoms with Crippen molar-refractivity contribution >= 4 is 27.6 Å². The molecule has 1 aliphatic rings. The van der Waals surface area contributed by atoms with Gasteiger partial charge < -0.3 is 10.2 Å². The molecule has 0 saturated carbocycles. The molecule has 3 heterocycles. The molecule has 0 aliphatic carbocycles. The number of sulfonamides is 1. The van der Waals surface area contributed by atoms with Gasteiger partial charge in [0.25, 0.3) is 15.9 Å². The molecule has 1 aliphatic heterocycles. The maximum absolute atomic E-state index is 13.1. The molecule has 0 radical (unpaired) electrons. The number of anilines is 2. The van der Waals surface area contributed by atoms with Crippen LogP contribution in [0.3, 0.4) is 0 Å². The van der Waals surface area contributed by atoms with Crippen LogP contribution in [-0.2, 0) is 10.0 Å². The van der Waals surface area contributed by atoms with Crippen molar-refractivity contribution < 1.29 is 13.2 Å². The number of carbonyl (C=O) groups excluding carboxylic acids is 1. The molecular weight excluding hydrogens is 426 g/mol. The predicted molar refractivity (Wildman–Crippen MR) is 126 cm³/mol. The number of nitrogens with zero attached hydrogens (tertiary/aromatic N) is 3. The van der Waals surface area contributed by atoms with Crippen LogP contribution in [0.2, 0.25) is 0 Å². The quantitative estimate of drug-likeness (QED) is 0.618. The lowest BCUT2D eigenvalue weighted by molar-refractivity contribution is 0.0981. The van der Waals surface area contributed by atoms with Crippen LogP contribution in [-0.4, -0.2) is 42.4 Å². The first-order valence-electron chi connectivity index (χ1n) is 11.1. The second-order valence-corrected chi connectivity index (χ2v) is 10.6. The van der Waals surface area contributed by atoms with Crippen LogP contribution in [0, 0.1) is 5.92 Å². The normalized spacial score (nSPS) is 18.9. The first-order valence-corrected chi connectivity index (χ1v) is 12.6. The molecule has 1 fully saturated rings. The van der Waals surface area contributed by atoms with Gasteiger partial charge in [-0.05, 0) is 63.8 Å². The largest absolute Gasteiger partial charge is 0.368 e. The number of aromatic nitrogens is 2. The zero-order valence-electron chi connectivity index (χ0n) is 19.4. The summed E-state index contributed by atoms with van der Waals surface area (Å²) < 4.78 is 28.0. The van der Waals surface area contributed by atoms with Crippen LogP contribution >= 0.6 is 0 Å². The van der Waals surface area contributed by atoms with Gasteiger partial charge >= 0.3 is 0 Å². The summed E-state index contributed by atoms with van der Waals surface area (Å²) in [5.41, 5.74) is 0.0306. The maximum atomic E-state index is 13.1. The van der Waals surface area contributed by atoms with Crippen molar-refractivity contribution in [2.45, 2.75) is 70.5 Å². The predicted octanol–water partition coefficient (Wildman–Crippen LogP) is 3.82. The van der Waals surface area contributed by atoms with E-state index in [9.17, 15) is 13.2 Å². The van der Waals surface area contributed by atoms with Crippen molar-refractivity contribution in [1.82, 2.24) is 14.7 Å². The van der Waals surface area contributed by atoms with Gasteiger partial charge in [0, 0.05) is 24.3 Å². The molecule has 8 nitrogen and oxygen atoms in total. The molecule has 2 aromatic heterocycles. The summed E-state index contributed by atoms with van der Waals surface area (Å²) in [5, 5.41) is 2.99. The number of nitrogens with one attached hydrogen (secondary N) is 2. The standard InChI is InChI=1S/C23H33N5O3S/c1-6-9-17(3)25-19-11-7-12-20(26-19)32(30,31)27-22(29)18-10-8-14-24-21(18)28-15-13-16(2)23(28,4)5/h7-8,10-12,14,16-17H,6,9,13,15H2,1-5H3,(H,25,26)(H,27,29).